The summed E-state index contributed by atoms with van der Waals surface area (Å²) in [5.74, 6) is 1.08. The second-order valence-electron chi connectivity index (χ2n) is 14.2. The standard InChI is InChI=1S/C38H54ClN3O6S/c1-28(8-4-3-7-21-43)29(2)49(45,46)40-38(44)32-13-15-37-36(25-32)42(17-6-5-9-31-24-35(39)14-12-34(31)27-48-37)26-33-11-10-30(33)16-18-41-19-22-47-23-20-41/h12-15,21,24-25,28-30,33H,3-11,16-20,22-23,26-27H2,1-2H3,(H,40,44)/t28-,29+,30-,33-/m0/s1. The molecule has 2 heterocycles. The van der Waals surface area contributed by atoms with Gasteiger partial charge in [0.1, 0.15) is 18.6 Å². The van der Waals surface area contributed by atoms with Crippen LogP contribution in [0.2, 0.25) is 5.02 Å². The first kappa shape index (κ1) is 37.6. The zero-order valence-electron chi connectivity index (χ0n) is 29.2. The number of rotatable bonds is 14. The monoisotopic (exact) mass is 715 g/mol. The first-order valence-corrected chi connectivity index (χ1v) is 20.2. The topological polar surface area (TPSA) is 105 Å². The summed E-state index contributed by atoms with van der Waals surface area (Å²) in [5.41, 5.74) is 3.41. The Labute approximate surface area is 298 Å². The van der Waals surface area contributed by atoms with Crippen LogP contribution < -0.4 is 14.4 Å². The highest BCUT2D eigenvalue weighted by molar-refractivity contribution is 7.90. The van der Waals surface area contributed by atoms with E-state index < -0.39 is 21.2 Å². The van der Waals surface area contributed by atoms with Crippen molar-refractivity contribution in [3.63, 3.8) is 0 Å². The maximum absolute atomic E-state index is 13.6. The minimum absolute atomic E-state index is 0.162. The molecule has 1 saturated heterocycles. The zero-order valence-corrected chi connectivity index (χ0v) is 30.8. The highest BCUT2D eigenvalue weighted by Crippen LogP contribution is 2.40. The highest BCUT2D eigenvalue weighted by atomic mass is 35.5. The minimum Gasteiger partial charge on any atom is -0.487 e. The van der Waals surface area contributed by atoms with Crippen molar-refractivity contribution >= 4 is 39.5 Å². The van der Waals surface area contributed by atoms with Crippen molar-refractivity contribution in [2.24, 2.45) is 17.8 Å². The third-order valence-electron chi connectivity index (χ3n) is 10.9. The van der Waals surface area contributed by atoms with Crippen molar-refractivity contribution in [2.45, 2.75) is 89.9 Å². The average Bonchev–Trinajstić information content (AvgIpc) is 3.11. The Morgan fingerprint density at radius 2 is 1.82 bits per heavy atom. The number of ether oxygens (including phenoxy) is 2. The van der Waals surface area contributed by atoms with Gasteiger partial charge in [0.2, 0.25) is 10.0 Å². The van der Waals surface area contributed by atoms with Gasteiger partial charge in [-0.25, -0.2) is 13.1 Å². The quantitative estimate of drug-likeness (QED) is 0.171. The highest BCUT2D eigenvalue weighted by Gasteiger charge is 2.34. The van der Waals surface area contributed by atoms with Crippen LogP contribution in [-0.2, 0) is 32.6 Å². The Hall–Kier alpha value is -2.66. The van der Waals surface area contributed by atoms with Crippen LogP contribution in [0.15, 0.2) is 36.4 Å². The molecule has 0 aromatic heterocycles. The number of unbranched alkanes of at least 4 members (excludes halogenated alkanes) is 2. The van der Waals surface area contributed by atoms with Crippen LogP contribution in [0.3, 0.4) is 0 Å². The number of anilines is 1. The number of amides is 1. The van der Waals surface area contributed by atoms with Crippen molar-refractivity contribution in [2.75, 3.05) is 50.8 Å². The molecule has 4 atom stereocenters. The molecule has 11 heteroatoms. The number of benzene rings is 2. The van der Waals surface area contributed by atoms with Gasteiger partial charge in [-0.3, -0.25) is 9.69 Å². The van der Waals surface area contributed by atoms with Crippen molar-refractivity contribution in [1.82, 2.24) is 9.62 Å². The predicted octanol–water partition coefficient (Wildman–Crippen LogP) is 6.65. The van der Waals surface area contributed by atoms with E-state index in [0.29, 0.717) is 42.6 Å². The molecule has 49 heavy (non-hydrogen) atoms. The molecule has 0 bridgehead atoms. The third kappa shape index (κ3) is 10.4. The summed E-state index contributed by atoms with van der Waals surface area (Å²) in [6.45, 7) is 10.3. The van der Waals surface area contributed by atoms with E-state index in [-0.39, 0.29) is 5.92 Å². The molecule has 0 radical (unpaired) electrons. The lowest BCUT2D eigenvalue weighted by Gasteiger charge is -2.42. The predicted molar refractivity (Wildman–Crippen MR) is 195 cm³/mol. The molecule has 2 aromatic rings. The van der Waals surface area contributed by atoms with Gasteiger partial charge in [0.15, 0.2) is 0 Å². The zero-order chi connectivity index (χ0) is 34.8. The fourth-order valence-corrected chi connectivity index (χ4v) is 8.81. The number of carbonyl (C=O) groups is 2. The molecule has 0 spiro atoms. The van der Waals surface area contributed by atoms with Gasteiger partial charge in [-0.2, -0.15) is 0 Å². The number of aryl methyl sites for hydroxylation is 1. The molecule has 1 N–H and O–H groups in total. The molecule has 2 aromatic carbocycles. The van der Waals surface area contributed by atoms with Gasteiger partial charge in [-0.05, 0) is 124 Å². The lowest BCUT2D eigenvalue weighted by atomic mass is 9.71. The van der Waals surface area contributed by atoms with Gasteiger partial charge in [0.05, 0.1) is 24.2 Å². The number of morpholine rings is 1. The van der Waals surface area contributed by atoms with Crippen LogP contribution in [-0.4, -0.2) is 76.7 Å². The molecular weight excluding hydrogens is 662 g/mol. The maximum atomic E-state index is 13.6. The van der Waals surface area contributed by atoms with Gasteiger partial charge in [0, 0.05) is 43.2 Å². The Kier molecular flexibility index (Phi) is 13.8. The maximum Gasteiger partial charge on any atom is 0.264 e. The molecule has 1 aliphatic carbocycles. The van der Waals surface area contributed by atoms with E-state index in [1.807, 2.05) is 37.3 Å². The molecule has 3 aliphatic rings. The first-order valence-electron chi connectivity index (χ1n) is 18.2. The van der Waals surface area contributed by atoms with E-state index in [1.54, 1.807) is 13.0 Å². The molecule has 5 rings (SSSR count). The number of hydrogen-bond acceptors (Lipinski definition) is 8. The van der Waals surface area contributed by atoms with Gasteiger partial charge in [0.25, 0.3) is 5.91 Å². The molecular formula is C38H54ClN3O6S. The van der Waals surface area contributed by atoms with Crippen LogP contribution in [0.25, 0.3) is 0 Å². The van der Waals surface area contributed by atoms with Crippen LogP contribution >= 0.6 is 11.6 Å². The Morgan fingerprint density at radius 3 is 2.57 bits per heavy atom. The summed E-state index contributed by atoms with van der Waals surface area (Å²) in [7, 11) is -3.92. The van der Waals surface area contributed by atoms with Gasteiger partial charge in [-0.1, -0.05) is 31.0 Å². The van der Waals surface area contributed by atoms with Crippen LogP contribution in [0, 0.1) is 17.8 Å². The SMILES string of the molecule is C[C@H]([C@@H](C)CCCCC=O)S(=O)(=O)NC(=O)c1ccc2c(c1)N(C[C@@H]1CC[C@H]1CCN1CCOCC1)CCCCc1cc(Cl)ccc1CO2. The number of nitrogens with one attached hydrogen (secondary N) is 1. The van der Waals surface area contributed by atoms with Gasteiger partial charge >= 0.3 is 0 Å². The number of fused-ring (bicyclic) bond motifs is 2. The van der Waals surface area contributed by atoms with Crippen molar-refractivity contribution in [3.05, 3.63) is 58.1 Å². The molecule has 0 unspecified atom stereocenters. The Bertz CT molecular complexity index is 1510. The summed E-state index contributed by atoms with van der Waals surface area (Å²) < 4.78 is 41.0. The first-order chi connectivity index (χ1) is 23.6. The molecule has 9 nitrogen and oxygen atoms in total. The Morgan fingerprint density at radius 1 is 1.02 bits per heavy atom. The van der Waals surface area contributed by atoms with Crippen LogP contribution in [0.1, 0.15) is 93.1 Å². The number of nitrogens with zero attached hydrogens (tertiary/aromatic N) is 2. The molecule has 1 saturated carbocycles. The summed E-state index contributed by atoms with van der Waals surface area (Å²) in [6.07, 6.45) is 9.97. The van der Waals surface area contributed by atoms with E-state index in [2.05, 4.69) is 14.5 Å². The lowest BCUT2D eigenvalue weighted by molar-refractivity contribution is -0.107. The molecule has 2 aliphatic heterocycles. The summed E-state index contributed by atoms with van der Waals surface area (Å²) in [4.78, 5) is 29.1. The summed E-state index contributed by atoms with van der Waals surface area (Å²) >= 11 is 6.36. The second kappa shape index (κ2) is 18.0. The van der Waals surface area contributed by atoms with E-state index in [9.17, 15) is 18.0 Å². The fraction of sp³-hybridized carbons (Fsp3) is 0.632. The van der Waals surface area contributed by atoms with E-state index >= 15 is 0 Å². The largest absolute Gasteiger partial charge is 0.487 e. The van der Waals surface area contributed by atoms with Crippen molar-refractivity contribution in [1.29, 1.82) is 0 Å². The van der Waals surface area contributed by atoms with E-state index in [4.69, 9.17) is 21.1 Å². The number of sulfonamides is 1. The lowest BCUT2D eigenvalue weighted by Crippen LogP contribution is -2.42. The summed E-state index contributed by atoms with van der Waals surface area (Å²) in [6, 6.07) is 11.2. The number of aldehydes is 1. The third-order valence-corrected chi connectivity index (χ3v) is 13.1. The smallest absolute Gasteiger partial charge is 0.264 e. The Balaban J connectivity index is 1.34. The fourth-order valence-electron chi connectivity index (χ4n) is 7.31. The molecule has 1 amide bonds. The van der Waals surface area contributed by atoms with Crippen LogP contribution in [0.4, 0.5) is 5.69 Å². The van der Waals surface area contributed by atoms with Gasteiger partial charge in [-0.15, -0.1) is 0 Å². The second-order valence-corrected chi connectivity index (χ2v) is 16.7. The summed E-state index contributed by atoms with van der Waals surface area (Å²) in [5, 5.41) is -0.0366. The number of carbonyl (C=O) groups excluding carboxylic acids is 2. The van der Waals surface area contributed by atoms with Crippen LogP contribution in [0.5, 0.6) is 5.75 Å². The van der Waals surface area contributed by atoms with Crippen molar-refractivity contribution < 1.29 is 27.5 Å². The van der Waals surface area contributed by atoms with E-state index in [1.165, 1.54) is 24.8 Å². The normalized spacial score (nSPS) is 21.6. The minimum atomic E-state index is -3.92. The average molecular weight is 716 g/mol. The molecule has 2 fully saturated rings. The number of halogens is 1. The van der Waals surface area contributed by atoms with Crippen molar-refractivity contribution in [3.8, 4) is 5.75 Å². The van der Waals surface area contributed by atoms with E-state index in [0.717, 1.165) is 101 Å². The number of hydrogen-bond donors (Lipinski definition) is 1. The molecule has 270 valence electrons. The van der Waals surface area contributed by atoms with Gasteiger partial charge < -0.3 is 19.2 Å².